The van der Waals surface area contributed by atoms with E-state index in [2.05, 4.69) is 46.8 Å². The van der Waals surface area contributed by atoms with Gasteiger partial charge >= 0.3 is 0 Å². The van der Waals surface area contributed by atoms with Gasteiger partial charge in [0.1, 0.15) is 5.82 Å². The second-order valence-electron chi connectivity index (χ2n) is 3.32. The van der Waals surface area contributed by atoms with Crippen LogP contribution in [0.15, 0.2) is 27.1 Å². The van der Waals surface area contributed by atoms with Gasteiger partial charge in [0.15, 0.2) is 0 Å². The van der Waals surface area contributed by atoms with E-state index >= 15 is 0 Å². The summed E-state index contributed by atoms with van der Waals surface area (Å²) in [7, 11) is 0. The van der Waals surface area contributed by atoms with E-state index in [0.717, 1.165) is 16.6 Å². The molecule has 4 heteroatoms. The minimum absolute atomic E-state index is 0.342. The van der Waals surface area contributed by atoms with Crippen LogP contribution in [0.4, 0.5) is 0 Å². The Morgan fingerprint density at radius 3 is 2.57 bits per heavy atom. The number of aliphatic imine (C=N–C) groups is 1. The summed E-state index contributed by atoms with van der Waals surface area (Å²) in [6.45, 7) is 9.50. The van der Waals surface area contributed by atoms with Gasteiger partial charge in [0.2, 0.25) is 0 Å². The fourth-order valence-corrected chi connectivity index (χ4v) is 1.09. The number of rotatable bonds is 5. The van der Waals surface area contributed by atoms with Crippen LogP contribution in [0.1, 0.15) is 27.2 Å². The number of halogens is 1. The van der Waals surface area contributed by atoms with Crippen molar-refractivity contribution in [2.24, 2.45) is 10.7 Å². The van der Waals surface area contributed by atoms with Crippen molar-refractivity contribution in [1.82, 2.24) is 5.32 Å². The van der Waals surface area contributed by atoms with E-state index < -0.39 is 0 Å². The Bertz CT molecular complexity index is 250. The Labute approximate surface area is 94.3 Å². The fourth-order valence-electron chi connectivity index (χ4n) is 0.924. The molecule has 0 saturated carbocycles. The summed E-state index contributed by atoms with van der Waals surface area (Å²) in [4.78, 5) is 3.72. The maximum absolute atomic E-state index is 5.70. The van der Waals surface area contributed by atoms with Crippen molar-refractivity contribution in [2.75, 3.05) is 0 Å². The molecular formula is C10H18BrN3. The lowest BCUT2D eigenvalue weighted by molar-refractivity contribution is 0.649. The Morgan fingerprint density at radius 1 is 1.64 bits per heavy atom. The van der Waals surface area contributed by atoms with Crippen molar-refractivity contribution >= 4 is 22.6 Å². The largest absolute Gasteiger partial charge is 0.383 e. The summed E-state index contributed by atoms with van der Waals surface area (Å²) in [5.74, 6) is 0.462. The topological polar surface area (TPSA) is 50.4 Å². The predicted molar refractivity (Wildman–Crippen MR) is 66.3 cm³/mol. The molecule has 3 N–H and O–H groups in total. The highest BCUT2D eigenvalue weighted by Crippen LogP contribution is 2.10. The van der Waals surface area contributed by atoms with Gasteiger partial charge in [0, 0.05) is 12.5 Å². The van der Waals surface area contributed by atoms with Crippen molar-refractivity contribution in [1.29, 1.82) is 0 Å². The molecule has 0 radical (unpaired) electrons. The zero-order valence-corrected chi connectivity index (χ0v) is 10.6. The Morgan fingerprint density at radius 2 is 2.21 bits per heavy atom. The summed E-state index contributed by atoms with van der Waals surface area (Å²) in [6.07, 6.45) is 2.77. The van der Waals surface area contributed by atoms with Gasteiger partial charge in [0.25, 0.3) is 0 Å². The SMILES string of the molecule is C=N/C(N)=C(\C/C=C(\C)Br)NC(C)C. The number of hydrogen-bond donors (Lipinski definition) is 2. The van der Waals surface area contributed by atoms with E-state index in [-0.39, 0.29) is 0 Å². The van der Waals surface area contributed by atoms with Crippen LogP contribution in [-0.2, 0) is 0 Å². The molecule has 0 unspecified atom stereocenters. The van der Waals surface area contributed by atoms with E-state index in [1.165, 1.54) is 0 Å². The van der Waals surface area contributed by atoms with Crippen LogP contribution in [0, 0.1) is 0 Å². The van der Waals surface area contributed by atoms with E-state index in [0.29, 0.717) is 11.9 Å². The quantitative estimate of drug-likeness (QED) is 0.746. The molecule has 0 atom stereocenters. The van der Waals surface area contributed by atoms with Crippen molar-refractivity contribution in [3.8, 4) is 0 Å². The number of nitrogens with one attached hydrogen (secondary N) is 1. The van der Waals surface area contributed by atoms with Gasteiger partial charge < -0.3 is 11.1 Å². The highest BCUT2D eigenvalue weighted by molar-refractivity contribution is 9.11. The smallest absolute Gasteiger partial charge is 0.142 e. The fraction of sp³-hybridized carbons (Fsp3) is 0.500. The predicted octanol–water partition coefficient (Wildman–Crippen LogP) is 2.50. The summed E-state index contributed by atoms with van der Waals surface area (Å²) in [5.41, 5.74) is 6.61. The van der Waals surface area contributed by atoms with Crippen molar-refractivity contribution < 1.29 is 0 Å². The van der Waals surface area contributed by atoms with Gasteiger partial charge in [-0.25, -0.2) is 4.99 Å². The van der Waals surface area contributed by atoms with Gasteiger partial charge in [-0.1, -0.05) is 22.0 Å². The summed E-state index contributed by atoms with van der Waals surface area (Å²) in [5, 5.41) is 3.24. The zero-order valence-electron chi connectivity index (χ0n) is 8.97. The molecule has 0 aromatic rings. The van der Waals surface area contributed by atoms with Crippen LogP contribution in [-0.4, -0.2) is 12.8 Å². The zero-order chi connectivity index (χ0) is 11.1. The Hall–Kier alpha value is -0.770. The van der Waals surface area contributed by atoms with E-state index in [1.54, 1.807) is 0 Å². The third kappa shape index (κ3) is 5.80. The highest BCUT2D eigenvalue weighted by atomic mass is 79.9. The Kier molecular flexibility index (Phi) is 6.28. The molecule has 0 heterocycles. The Balaban J connectivity index is 4.57. The van der Waals surface area contributed by atoms with Gasteiger partial charge in [-0.15, -0.1) is 0 Å². The first-order valence-corrected chi connectivity index (χ1v) is 5.30. The molecule has 0 aromatic carbocycles. The van der Waals surface area contributed by atoms with Crippen LogP contribution in [0.25, 0.3) is 0 Å². The number of hydrogen-bond acceptors (Lipinski definition) is 3. The average Bonchev–Trinajstić information content (AvgIpc) is 2.10. The maximum atomic E-state index is 5.70. The maximum Gasteiger partial charge on any atom is 0.142 e. The molecule has 0 aromatic heterocycles. The molecule has 3 nitrogen and oxygen atoms in total. The minimum atomic E-state index is 0.342. The summed E-state index contributed by atoms with van der Waals surface area (Å²) in [6, 6.07) is 0.342. The molecule has 80 valence electrons. The first kappa shape index (κ1) is 13.2. The van der Waals surface area contributed by atoms with Crippen LogP contribution in [0.5, 0.6) is 0 Å². The van der Waals surface area contributed by atoms with E-state index in [1.807, 2.05) is 13.0 Å². The molecular weight excluding hydrogens is 242 g/mol. The number of nitrogens with zero attached hydrogens (tertiary/aromatic N) is 1. The van der Waals surface area contributed by atoms with Gasteiger partial charge in [-0.3, -0.25) is 0 Å². The third-order valence-corrected chi connectivity index (χ3v) is 1.85. The molecule has 0 aliphatic heterocycles. The summed E-state index contributed by atoms with van der Waals surface area (Å²) < 4.78 is 1.08. The van der Waals surface area contributed by atoms with Crippen molar-refractivity contribution in [2.45, 2.75) is 33.2 Å². The van der Waals surface area contributed by atoms with Crippen LogP contribution >= 0.6 is 15.9 Å². The first-order chi connectivity index (χ1) is 6.47. The van der Waals surface area contributed by atoms with Gasteiger partial charge in [-0.05, 0) is 32.0 Å². The van der Waals surface area contributed by atoms with E-state index in [9.17, 15) is 0 Å². The van der Waals surface area contributed by atoms with Crippen LogP contribution in [0.3, 0.4) is 0 Å². The second kappa shape index (κ2) is 6.65. The van der Waals surface area contributed by atoms with Gasteiger partial charge in [-0.2, -0.15) is 0 Å². The first-order valence-electron chi connectivity index (χ1n) is 4.51. The normalized spacial score (nSPS) is 13.9. The second-order valence-corrected chi connectivity index (χ2v) is 4.57. The van der Waals surface area contributed by atoms with E-state index in [4.69, 9.17) is 5.73 Å². The van der Waals surface area contributed by atoms with Crippen molar-refractivity contribution in [3.63, 3.8) is 0 Å². The van der Waals surface area contributed by atoms with Gasteiger partial charge in [0.05, 0.1) is 5.70 Å². The standard InChI is InChI=1S/C10H18BrN3/c1-7(2)14-9(10(12)13-4)6-5-8(3)11/h5,7,14H,4,6,12H2,1-3H3/b8-5+,10-9+. The molecule has 0 bridgehead atoms. The highest BCUT2D eigenvalue weighted by Gasteiger charge is 2.02. The summed E-state index contributed by atoms with van der Waals surface area (Å²) >= 11 is 3.36. The lowest BCUT2D eigenvalue weighted by Crippen LogP contribution is -2.24. The molecule has 0 aliphatic rings. The van der Waals surface area contributed by atoms with Crippen LogP contribution < -0.4 is 11.1 Å². The lowest BCUT2D eigenvalue weighted by Gasteiger charge is -2.13. The molecule has 0 aliphatic carbocycles. The lowest BCUT2D eigenvalue weighted by atomic mass is 10.2. The molecule has 14 heavy (non-hydrogen) atoms. The number of allylic oxidation sites excluding steroid dienone is 2. The van der Waals surface area contributed by atoms with Crippen LogP contribution in [0.2, 0.25) is 0 Å². The molecule has 0 spiro atoms. The molecule has 0 rings (SSSR count). The molecule has 0 saturated heterocycles. The van der Waals surface area contributed by atoms with Crippen molar-refractivity contribution in [3.05, 3.63) is 22.1 Å². The molecule has 0 fully saturated rings. The average molecular weight is 260 g/mol. The third-order valence-electron chi connectivity index (χ3n) is 1.53. The monoisotopic (exact) mass is 259 g/mol. The molecule has 0 amide bonds. The number of nitrogens with two attached hydrogens (primary N) is 1. The minimum Gasteiger partial charge on any atom is -0.383 e.